The Hall–Kier alpha value is -1.39. The van der Waals surface area contributed by atoms with Crippen LogP contribution in [0.3, 0.4) is 0 Å². The zero-order valence-corrected chi connectivity index (χ0v) is 14.4. The summed E-state index contributed by atoms with van der Waals surface area (Å²) in [5.74, 6) is -0.00878. The van der Waals surface area contributed by atoms with E-state index in [-0.39, 0.29) is 16.7 Å². The third kappa shape index (κ3) is 2.08. The fourth-order valence-corrected chi connectivity index (χ4v) is 4.76. The highest BCUT2D eigenvalue weighted by Crippen LogP contribution is 2.72. The number of rotatable bonds is 3. The highest BCUT2D eigenvalue weighted by molar-refractivity contribution is 5.97. The predicted molar refractivity (Wildman–Crippen MR) is 89.9 cm³/mol. The first-order chi connectivity index (χ1) is 10.6. The van der Waals surface area contributed by atoms with E-state index >= 15 is 0 Å². The summed E-state index contributed by atoms with van der Waals surface area (Å²) in [4.78, 5) is 13.1. The van der Waals surface area contributed by atoms with Crippen molar-refractivity contribution in [1.29, 1.82) is 0 Å². The van der Waals surface area contributed by atoms with Gasteiger partial charge in [-0.2, -0.15) is 0 Å². The molecule has 4 heteroatoms. The van der Waals surface area contributed by atoms with Crippen LogP contribution in [0.15, 0.2) is 24.3 Å². The number of hydrogen-bond acceptors (Lipinski definition) is 3. The van der Waals surface area contributed by atoms with E-state index in [2.05, 4.69) is 26.1 Å². The zero-order valence-electron chi connectivity index (χ0n) is 14.4. The van der Waals surface area contributed by atoms with Crippen LogP contribution in [0.5, 0.6) is 0 Å². The molecule has 23 heavy (non-hydrogen) atoms. The van der Waals surface area contributed by atoms with Crippen LogP contribution in [0, 0.1) is 16.2 Å². The van der Waals surface area contributed by atoms with Gasteiger partial charge in [-0.15, -0.1) is 0 Å². The number of amides is 1. The average molecular weight is 317 g/mol. The number of nitrogens with one attached hydrogen (secondary N) is 1. The zero-order chi connectivity index (χ0) is 17.0. The molecule has 4 nitrogen and oxygen atoms in total. The van der Waals surface area contributed by atoms with Gasteiger partial charge >= 0.3 is 0 Å². The van der Waals surface area contributed by atoms with Crippen LogP contribution in [-0.2, 0) is 4.79 Å². The largest absolute Gasteiger partial charge is 0.393 e. The molecule has 2 aliphatic carbocycles. The lowest BCUT2D eigenvalue weighted by atomic mass is 9.64. The van der Waals surface area contributed by atoms with E-state index in [1.165, 1.54) is 0 Å². The molecule has 126 valence electrons. The van der Waals surface area contributed by atoms with E-state index in [9.17, 15) is 15.0 Å². The maximum atomic E-state index is 13.1. The summed E-state index contributed by atoms with van der Waals surface area (Å²) in [6.07, 6.45) is 1.22. The van der Waals surface area contributed by atoms with Crippen molar-refractivity contribution in [1.82, 2.24) is 0 Å². The highest BCUT2D eigenvalue weighted by atomic mass is 16.3. The Morgan fingerprint density at radius 1 is 1.30 bits per heavy atom. The fraction of sp³-hybridized carbons (Fsp3) is 0.632. The number of aliphatic hydroxyl groups excluding tert-OH is 2. The van der Waals surface area contributed by atoms with Crippen molar-refractivity contribution in [2.75, 3.05) is 5.32 Å². The van der Waals surface area contributed by atoms with E-state index in [1.54, 1.807) is 6.92 Å². The molecule has 0 aliphatic heterocycles. The number of benzene rings is 1. The molecule has 3 N–H and O–H groups in total. The monoisotopic (exact) mass is 317 g/mol. The van der Waals surface area contributed by atoms with Crippen LogP contribution >= 0.6 is 0 Å². The number of fused-ring (bicyclic) bond motifs is 2. The molecule has 1 aromatic carbocycles. The Balaban J connectivity index is 1.88. The molecule has 0 saturated heterocycles. The summed E-state index contributed by atoms with van der Waals surface area (Å²) < 4.78 is 0. The SMILES string of the molecule is C[C@H](O)c1cccc(NC(=O)[C@]23CC[C@](C)([C@H](O)C2)C3(C)C)c1. The standard InChI is InChI=1S/C19H27NO3/c1-12(21)13-6-5-7-14(10-13)20-16(23)19-9-8-18(4,15(22)11-19)17(19,2)3/h5-7,10,12,15,21-22H,8-9,11H2,1-4H3,(H,20,23)/t12-,15+,18+,19-/m0/s1. The average Bonchev–Trinajstić information content (AvgIpc) is 2.78. The van der Waals surface area contributed by atoms with E-state index in [0.29, 0.717) is 12.1 Å². The molecule has 0 aromatic heterocycles. The number of hydrogen-bond donors (Lipinski definition) is 3. The Labute approximate surface area is 137 Å². The van der Waals surface area contributed by atoms with Gasteiger partial charge < -0.3 is 15.5 Å². The summed E-state index contributed by atoms with van der Waals surface area (Å²) in [7, 11) is 0. The molecule has 4 atom stereocenters. The number of carbonyl (C=O) groups is 1. The lowest BCUT2D eigenvalue weighted by Gasteiger charge is -2.40. The molecule has 0 radical (unpaired) electrons. The fourth-order valence-electron chi connectivity index (χ4n) is 4.76. The van der Waals surface area contributed by atoms with Gasteiger partial charge in [-0.05, 0) is 54.7 Å². The Morgan fingerprint density at radius 2 is 2.00 bits per heavy atom. The minimum absolute atomic E-state index is 0.00878. The third-order valence-electron chi connectivity index (χ3n) is 7.03. The smallest absolute Gasteiger partial charge is 0.231 e. The molecular weight excluding hydrogens is 290 g/mol. The molecular formula is C19H27NO3. The number of anilines is 1. The van der Waals surface area contributed by atoms with Crippen molar-refractivity contribution < 1.29 is 15.0 Å². The van der Waals surface area contributed by atoms with Crippen molar-refractivity contribution in [3.05, 3.63) is 29.8 Å². The summed E-state index contributed by atoms with van der Waals surface area (Å²) in [5, 5.41) is 23.2. The maximum Gasteiger partial charge on any atom is 0.231 e. The molecule has 2 bridgehead atoms. The van der Waals surface area contributed by atoms with Gasteiger partial charge in [0, 0.05) is 5.69 Å². The topological polar surface area (TPSA) is 69.6 Å². The molecule has 0 unspecified atom stereocenters. The van der Waals surface area contributed by atoms with Gasteiger partial charge in [0.05, 0.1) is 17.6 Å². The van der Waals surface area contributed by atoms with Crippen molar-refractivity contribution in [2.24, 2.45) is 16.2 Å². The molecule has 2 fully saturated rings. The second-order valence-corrected chi connectivity index (χ2v) is 8.10. The lowest BCUT2D eigenvalue weighted by Crippen LogP contribution is -2.43. The first kappa shape index (κ1) is 16.5. The van der Waals surface area contributed by atoms with E-state index in [0.717, 1.165) is 18.4 Å². The van der Waals surface area contributed by atoms with E-state index in [4.69, 9.17) is 0 Å². The van der Waals surface area contributed by atoms with Crippen LogP contribution in [-0.4, -0.2) is 22.2 Å². The highest BCUT2D eigenvalue weighted by Gasteiger charge is 2.72. The summed E-state index contributed by atoms with van der Waals surface area (Å²) >= 11 is 0. The minimum atomic E-state index is -0.565. The number of carbonyl (C=O) groups excluding carboxylic acids is 1. The first-order valence-corrected chi connectivity index (χ1v) is 8.42. The molecule has 2 aliphatic rings. The quantitative estimate of drug-likeness (QED) is 0.801. The van der Waals surface area contributed by atoms with Gasteiger partial charge in [0.2, 0.25) is 5.91 Å². The molecule has 0 heterocycles. The van der Waals surface area contributed by atoms with E-state index < -0.39 is 17.6 Å². The van der Waals surface area contributed by atoms with Gasteiger partial charge in [0.1, 0.15) is 0 Å². The van der Waals surface area contributed by atoms with Gasteiger partial charge in [0.25, 0.3) is 0 Å². The second kappa shape index (κ2) is 5.05. The van der Waals surface area contributed by atoms with Crippen LogP contribution < -0.4 is 5.32 Å². The number of aliphatic hydroxyl groups is 2. The van der Waals surface area contributed by atoms with Crippen LogP contribution in [0.25, 0.3) is 0 Å². The summed E-state index contributed by atoms with van der Waals surface area (Å²) in [6, 6.07) is 7.33. The predicted octanol–water partition coefficient (Wildman–Crippen LogP) is 3.26. The summed E-state index contributed by atoms with van der Waals surface area (Å²) in [6.45, 7) is 8.04. The van der Waals surface area contributed by atoms with Crippen molar-refractivity contribution in [2.45, 2.75) is 59.2 Å². The maximum absolute atomic E-state index is 13.1. The van der Waals surface area contributed by atoms with Crippen molar-refractivity contribution in [3.63, 3.8) is 0 Å². The van der Waals surface area contributed by atoms with Gasteiger partial charge in [0.15, 0.2) is 0 Å². The molecule has 3 rings (SSSR count). The minimum Gasteiger partial charge on any atom is -0.393 e. The van der Waals surface area contributed by atoms with E-state index in [1.807, 2.05) is 24.3 Å². The Bertz CT molecular complexity index is 639. The van der Waals surface area contributed by atoms with Crippen molar-refractivity contribution in [3.8, 4) is 0 Å². The van der Waals surface area contributed by atoms with Crippen LogP contribution in [0.4, 0.5) is 5.69 Å². The Kier molecular flexibility index (Phi) is 3.62. The summed E-state index contributed by atoms with van der Waals surface area (Å²) in [5.41, 5.74) is 0.509. The molecule has 1 amide bonds. The van der Waals surface area contributed by atoms with Gasteiger partial charge in [-0.3, -0.25) is 4.79 Å². The molecule has 2 saturated carbocycles. The van der Waals surface area contributed by atoms with Gasteiger partial charge in [-0.25, -0.2) is 0 Å². The third-order valence-corrected chi connectivity index (χ3v) is 7.03. The molecule has 0 spiro atoms. The molecule has 1 aromatic rings. The lowest BCUT2D eigenvalue weighted by molar-refractivity contribution is -0.130. The second-order valence-electron chi connectivity index (χ2n) is 8.10. The van der Waals surface area contributed by atoms with Crippen molar-refractivity contribution >= 4 is 11.6 Å². The van der Waals surface area contributed by atoms with Crippen LogP contribution in [0.1, 0.15) is 58.6 Å². The van der Waals surface area contributed by atoms with Crippen LogP contribution in [0.2, 0.25) is 0 Å². The normalized spacial score (nSPS) is 36.0. The van der Waals surface area contributed by atoms with Gasteiger partial charge in [-0.1, -0.05) is 32.9 Å². The Morgan fingerprint density at radius 3 is 2.52 bits per heavy atom. The first-order valence-electron chi connectivity index (χ1n) is 8.42.